The third kappa shape index (κ3) is 2.62. The first-order valence-corrected chi connectivity index (χ1v) is 7.54. The zero-order valence-corrected chi connectivity index (χ0v) is 12.0. The molecule has 0 atom stereocenters. The summed E-state index contributed by atoms with van der Waals surface area (Å²) in [6, 6.07) is 3.95. The number of carbonyl (C=O) groups is 2. The molecule has 1 N–H and O–H groups in total. The number of rotatable bonds is 3. The van der Waals surface area contributed by atoms with Gasteiger partial charge in [0.1, 0.15) is 0 Å². The minimum atomic E-state index is -3.68. The van der Waals surface area contributed by atoms with E-state index in [1.165, 1.54) is 25.3 Å². The summed E-state index contributed by atoms with van der Waals surface area (Å²) in [4.78, 5) is 27.9. The molecule has 0 radical (unpaired) electrons. The highest BCUT2D eigenvalue weighted by Crippen LogP contribution is 2.28. The quantitative estimate of drug-likeness (QED) is 0.828. The van der Waals surface area contributed by atoms with Gasteiger partial charge >= 0.3 is 0 Å². The van der Waals surface area contributed by atoms with Gasteiger partial charge in [-0.1, -0.05) is 11.6 Å². The van der Waals surface area contributed by atoms with Crippen molar-refractivity contribution in [1.82, 2.24) is 5.48 Å². The Hall–Kier alpha value is -1.64. The Labute approximate surface area is 120 Å². The van der Waals surface area contributed by atoms with E-state index in [4.69, 9.17) is 11.6 Å². The summed E-state index contributed by atoms with van der Waals surface area (Å²) in [5.41, 5.74) is 2.17. The molecule has 1 aliphatic heterocycles. The van der Waals surface area contributed by atoms with Crippen LogP contribution < -0.4 is 9.79 Å². The highest BCUT2D eigenvalue weighted by molar-refractivity contribution is 7.94. The normalized spacial score (nSPS) is 17.3. The fourth-order valence-corrected chi connectivity index (χ4v) is 3.48. The molecule has 0 aromatic heterocycles. The number of nitrogens with zero attached hydrogens (tertiary/aromatic N) is 1. The number of carbonyl (C=O) groups excluding carboxylic acids is 2. The number of benzene rings is 1. The molecule has 108 valence electrons. The van der Waals surface area contributed by atoms with E-state index in [0.717, 1.165) is 0 Å². The SMILES string of the molecule is CONC(=O)c1cc(N2C(=O)CCS2(=O)=O)ccc1Cl. The van der Waals surface area contributed by atoms with E-state index in [2.05, 4.69) is 10.3 Å². The molecule has 2 amide bonds. The molecule has 9 heteroatoms. The monoisotopic (exact) mass is 318 g/mol. The Morgan fingerprint density at radius 1 is 1.45 bits per heavy atom. The average molecular weight is 319 g/mol. The lowest BCUT2D eigenvalue weighted by Crippen LogP contribution is -2.30. The van der Waals surface area contributed by atoms with Crippen molar-refractivity contribution >= 4 is 39.1 Å². The Morgan fingerprint density at radius 2 is 2.15 bits per heavy atom. The van der Waals surface area contributed by atoms with E-state index in [0.29, 0.717) is 4.31 Å². The lowest BCUT2D eigenvalue weighted by atomic mass is 10.2. The summed E-state index contributed by atoms with van der Waals surface area (Å²) in [6.45, 7) is 0. The minimum absolute atomic E-state index is 0.0147. The maximum atomic E-state index is 11.8. The van der Waals surface area contributed by atoms with Crippen molar-refractivity contribution in [1.29, 1.82) is 0 Å². The second kappa shape index (κ2) is 5.39. The molecule has 1 aromatic carbocycles. The molecule has 0 saturated carbocycles. The summed E-state index contributed by atoms with van der Waals surface area (Å²) >= 11 is 5.87. The molecule has 0 aliphatic carbocycles. The van der Waals surface area contributed by atoms with Crippen LogP contribution in [0.2, 0.25) is 5.02 Å². The molecule has 7 nitrogen and oxygen atoms in total. The summed E-state index contributed by atoms with van der Waals surface area (Å²) < 4.78 is 24.3. The van der Waals surface area contributed by atoms with Gasteiger partial charge in [-0.3, -0.25) is 14.4 Å². The fraction of sp³-hybridized carbons (Fsp3) is 0.273. The van der Waals surface area contributed by atoms with Crippen molar-refractivity contribution < 1.29 is 22.8 Å². The number of hydroxylamine groups is 1. The number of amides is 2. The van der Waals surface area contributed by atoms with Crippen molar-refractivity contribution in [3.63, 3.8) is 0 Å². The number of sulfonamides is 1. The number of hydrogen-bond acceptors (Lipinski definition) is 5. The topological polar surface area (TPSA) is 92.8 Å². The zero-order chi connectivity index (χ0) is 14.9. The zero-order valence-electron chi connectivity index (χ0n) is 10.4. The van der Waals surface area contributed by atoms with Gasteiger partial charge in [0.2, 0.25) is 15.9 Å². The minimum Gasteiger partial charge on any atom is -0.277 e. The Bertz CT molecular complexity index is 673. The van der Waals surface area contributed by atoms with Crippen LogP contribution in [-0.2, 0) is 19.7 Å². The van der Waals surface area contributed by atoms with Gasteiger partial charge in [0.25, 0.3) is 5.91 Å². The maximum absolute atomic E-state index is 11.8. The van der Waals surface area contributed by atoms with Gasteiger partial charge in [0.05, 0.1) is 29.1 Å². The largest absolute Gasteiger partial charge is 0.277 e. The Balaban J connectivity index is 2.47. The smallest absolute Gasteiger partial charge is 0.276 e. The van der Waals surface area contributed by atoms with Crippen LogP contribution in [-0.4, -0.2) is 33.1 Å². The van der Waals surface area contributed by atoms with Crippen LogP contribution in [0.5, 0.6) is 0 Å². The first-order valence-electron chi connectivity index (χ1n) is 5.55. The van der Waals surface area contributed by atoms with E-state index < -0.39 is 21.8 Å². The molecule has 1 aliphatic rings. The maximum Gasteiger partial charge on any atom is 0.276 e. The molecular formula is C11H11ClN2O5S. The van der Waals surface area contributed by atoms with Crippen LogP contribution in [0.3, 0.4) is 0 Å². The van der Waals surface area contributed by atoms with Crippen LogP contribution in [0.4, 0.5) is 5.69 Å². The van der Waals surface area contributed by atoms with Gasteiger partial charge in [-0.2, -0.15) is 0 Å². The predicted molar refractivity (Wildman–Crippen MR) is 71.8 cm³/mol. The van der Waals surface area contributed by atoms with Gasteiger partial charge in [0, 0.05) is 6.42 Å². The highest BCUT2D eigenvalue weighted by atomic mass is 35.5. The predicted octanol–water partition coefficient (Wildman–Crippen LogP) is 0.698. The lowest BCUT2D eigenvalue weighted by Gasteiger charge is -2.16. The number of nitrogens with one attached hydrogen (secondary N) is 1. The summed E-state index contributed by atoms with van der Waals surface area (Å²) in [7, 11) is -2.43. The second-order valence-electron chi connectivity index (χ2n) is 4.02. The van der Waals surface area contributed by atoms with E-state index >= 15 is 0 Å². The van der Waals surface area contributed by atoms with Gasteiger partial charge in [-0.15, -0.1) is 0 Å². The Morgan fingerprint density at radius 3 is 2.70 bits per heavy atom. The summed E-state index contributed by atoms with van der Waals surface area (Å²) in [6.07, 6.45) is -0.0788. The molecule has 1 saturated heterocycles. The molecule has 0 spiro atoms. The standard InChI is InChI=1S/C11H11ClN2O5S/c1-19-13-11(16)8-6-7(2-3-9(8)12)14-10(15)4-5-20(14,17)18/h2-3,6H,4-5H2,1H3,(H,13,16). The molecule has 2 rings (SSSR count). The lowest BCUT2D eigenvalue weighted by molar-refractivity contribution is -0.116. The van der Waals surface area contributed by atoms with Crippen molar-refractivity contribution in [3.05, 3.63) is 28.8 Å². The van der Waals surface area contributed by atoms with Crippen molar-refractivity contribution in [2.45, 2.75) is 6.42 Å². The van der Waals surface area contributed by atoms with E-state index in [9.17, 15) is 18.0 Å². The fourth-order valence-electron chi connectivity index (χ4n) is 1.83. The van der Waals surface area contributed by atoms with E-state index in [-0.39, 0.29) is 28.4 Å². The van der Waals surface area contributed by atoms with Crippen molar-refractivity contribution in [3.8, 4) is 0 Å². The Kier molecular flexibility index (Phi) is 3.98. The molecule has 1 aromatic rings. The van der Waals surface area contributed by atoms with Crippen LogP contribution in [0.1, 0.15) is 16.8 Å². The average Bonchev–Trinajstić information content (AvgIpc) is 2.65. The third-order valence-electron chi connectivity index (χ3n) is 2.70. The molecular weight excluding hydrogens is 308 g/mol. The molecule has 20 heavy (non-hydrogen) atoms. The molecule has 0 unspecified atom stereocenters. The van der Waals surface area contributed by atoms with Crippen LogP contribution in [0.25, 0.3) is 0 Å². The summed E-state index contributed by atoms with van der Waals surface area (Å²) in [5.74, 6) is -1.41. The van der Waals surface area contributed by atoms with E-state index in [1.807, 2.05) is 0 Å². The van der Waals surface area contributed by atoms with Crippen LogP contribution in [0, 0.1) is 0 Å². The number of anilines is 1. The first-order chi connectivity index (χ1) is 9.36. The van der Waals surface area contributed by atoms with Crippen molar-refractivity contribution in [2.24, 2.45) is 0 Å². The number of hydrogen-bond donors (Lipinski definition) is 1. The third-order valence-corrected chi connectivity index (χ3v) is 4.72. The van der Waals surface area contributed by atoms with Gasteiger partial charge in [-0.05, 0) is 18.2 Å². The molecule has 1 heterocycles. The first kappa shape index (κ1) is 14.8. The van der Waals surface area contributed by atoms with Crippen LogP contribution >= 0.6 is 11.6 Å². The van der Waals surface area contributed by atoms with Gasteiger partial charge in [0.15, 0.2) is 0 Å². The van der Waals surface area contributed by atoms with E-state index in [1.54, 1.807) is 0 Å². The van der Waals surface area contributed by atoms with Gasteiger partial charge in [-0.25, -0.2) is 18.2 Å². The number of halogens is 1. The van der Waals surface area contributed by atoms with Crippen LogP contribution in [0.15, 0.2) is 18.2 Å². The highest BCUT2D eigenvalue weighted by Gasteiger charge is 2.36. The molecule has 1 fully saturated rings. The van der Waals surface area contributed by atoms with Crippen molar-refractivity contribution in [2.75, 3.05) is 17.2 Å². The summed E-state index contributed by atoms with van der Waals surface area (Å²) in [5, 5.41) is 0.118. The molecule has 0 bridgehead atoms. The second-order valence-corrected chi connectivity index (χ2v) is 6.37. The van der Waals surface area contributed by atoms with Gasteiger partial charge < -0.3 is 0 Å².